The number of carbonyl (C=O) groups excluding carboxylic acids is 2. The number of nitrogens with two attached hydrogens (primary N) is 1. The third-order valence-corrected chi connectivity index (χ3v) is 2.73. The molecule has 21 heavy (non-hydrogen) atoms. The van der Waals surface area contributed by atoms with E-state index in [4.69, 9.17) is 10.8 Å². The predicted octanol–water partition coefficient (Wildman–Crippen LogP) is 0.514. The van der Waals surface area contributed by atoms with Crippen LogP contribution < -0.4 is 16.4 Å². The zero-order chi connectivity index (χ0) is 16.0. The Hall–Kier alpha value is -2.64. The number of carboxylic acids is 1. The molecule has 0 radical (unpaired) electrons. The number of primary amides is 1. The van der Waals surface area contributed by atoms with E-state index in [1.54, 1.807) is 6.92 Å². The highest BCUT2D eigenvalue weighted by Gasteiger charge is 2.22. The molecule has 0 saturated heterocycles. The summed E-state index contributed by atoms with van der Waals surface area (Å²) in [5, 5.41) is 13.5. The van der Waals surface area contributed by atoms with Crippen LogP contribution in [0, 0.1) is 5.82 Å². The zero-order valence-corrected chi connectivity index (χ0v) is 11.3. The lowest BCUT2D eigenvalue weighted by Gasteiger charge is -2.18. The first-order chi connectivity index (χ1) is 9.79. The summed E-state index contributed by atoms with van der Waals surface area (Å²) in [5.74, 6) is -2.60. The fourth-order valence-corrected chi connectivity index (χ4v) is 1.63. The number of nitrogens with one attached hydrogen (secondary N) is 2. The average molecular weight is 297 g/mol. The maximum Gasteiger partial charge on any atom is 0.326 e. The Bertz CT molecular complexity index is 533. The van der Waals surface area contributed by atoms with Crippen molar-refractivity contribution < 1.29 is 23.9 Å². The van der Waals surface area contributed by atoms with Crippen molar-refractivity contribution in [2.75, 3.05) is 0 Å². The van der Waals surface area contributed by atoms with Gasteiger partial charge in [0.15, 0.2) is 0 Å². The smallest absolute Gasteiger partial charge is 0.326 e. The summed E-state index contributed by atoms with van der Waals surface area (Å²) < 4.78 is 12.8. The molecular formula is C13H16FN3O4. The molecule has 1 unspecified atom stereocenters. The minimum Gasteiger partial charge on any atom is -0.480 e. The van der Waals surface area contributed by atoms with Gasteiger partial charge in [0.1, 0.15) is 11.9 Å². The first kappa shape index (κ1) is 16.4. The molecule has 1 aromatic carbocycles. The summed E-state index contributed by atoms with van der Waals surface area (Å²) in [5.41, 5.74) is 5.55. The van der Waals surface area contributed by atoms with E-state index in [2.05, 4.69) is 10.6 Å². The lowest BCUT2D eigenvalue weighted by molar-refractivity contribution is -0.140. The van der Waals surface area contributed by atoms with E-state index < -0.39 is 42.2 Å². The van der Waals surface area contributed by atoms with E-state index >= 15 is 0 Å². The van der Waals surface area contributed by atoms with Gasteiger partial charge in [-0.3, -0.25) is 4.79 Å². The van der Waals surface area contributed by atoms with Crippen LogP contribution in [-0.4, -0.2) is 29.1 Å². The monoisotopic (exact) mass is 297 g/mol. The van der Waals surface area contributed by atoms with Gasteiger partial charge in [-0.2, -0.15) is 0 Å². The molecule has 8 heteroatoms. The number of carboxylic acid groups (broad SMARTS) is 1. The largest absolute Gasteiger partial charge is 0.480 e. The van der Waals surface area contributed by atoms with E-state index in [9.17, 15) is 18.8 Å². The molecule has 0 bridgehead atoms. The number of aliphatic carboxylic acids is 1. The SMILES string of the molecule is CC(NC(=O)N[C@H](CC(N)=O)C(=O)O)c1ccc(F)cc1. The number of hydrogen-bond donors (Lipinski definition) is 4. The Morgan fingerprint density at radius 3 is 2.29 bits per heavy atom. The van der Waals surface area contributed by atoms with Crippen LogP contribution >= 0.6 is 0 Å². The topological polar surface area (TPSA) is 122 Å². The van der Waals surface area contributed by atoms with Crippen molar-refractivity contribution >= 4 is 17.9 Å². The zero-order valence-electron chi connectivity index (χ0n) is 11.3. The van der Waals surface area contributed by atoms with Gasteiger partial charge in [-0.15, -0.1) is 0 Å². The number of amides is 3. The van der Waals surface area contributed by atoms with Crippen molar-refractivity contribution in [1.29, 1.82) is 0 Å². The van der Waals surface area contributed by atoms with Crippen molar-refractivity contribution in [3.63, 3.8) is 0 Å². The van der Waals surface area contributed by atoms with E-state index in [1.807, 2.05) is 0 Å². The Labute approximate surface area is 120 Å². The summed E-state index contributed by atoms with van der Waals surface area (Å²) in [4.78, 5) is 33.3. The van der Waals surface area contributed by atoms with E-state index in [0.717, 1.165) is 0 Å². The first-order valence-electron chi connectivity index (χ1n) is 6.13. The van der Waals surface area contributed by atoms with Gasteiger partial charge in [0.25, 0.3) is 0 Å². The molecule has 0 spiro atoms. The Morgan fingerprint density at radius 2 is 1.81 bits per heavy atom. The maximum atomic E-state index is 12.8. The van der Waals surface area contributed by atoms with Gasteiger partial charge >= 0.3 is 12.0 Å². The van der Waals surface area contributed by atoms with Gasteiger partial charge in [0, 0.05) is 0 Å². The third kappa shape index (κ3) is 5.47. The highest BCUT2D eigenvalue weighted by molar-refractivity contribution is 5.87. The lowest BCUT2D eigenvalue weighted by atomic mass is 10.1. The molecule has 3 amide bonds. The molecule has 0 aliphatic heterocycles. The second kappa shape index (κ2) is 7.22. The van der Waals surface area contributed by atoms with E-state index in [0.29, 0.717) is 5.56 Å². The number of carbonyl (C=O) groups is 3. The highest BCUT2D eigenvalue weighted by atomic mass is 19.1. The van der Waals surface area contributed by atoms with Crippen LogP contribution in [-0.2, 0) is 9.59 Å². The lowest BCUT2D eigenvalue weighted by Crippen LogP contribution is -2.48. The summed E-state index contributed by atoms with van der Waals surface area (Å²) >= 11 is 0. The van der Waals surface area contributed by atoms with Gasteiger partial charge in [-0.1, -0.05) is 12.1 Å². The molecular weight excluding hydrogens is 281 g/mol. The summed E-state index contributed by atoms with van der Waals surface area (Å²) in [6.45, 7) is 1.65. The normalized spacial score (nSPS) is 13.0. The Morgan fingerprint density at radius 1 is 1.24 bits per heavy atom. The van der Waals surface area contributed by atoms with Crippen LogP contribution in [0.4, 0.5) is 9.18 Å². The van der Waals surface area contributed by atoms with E-state index in [1.165, 1.54) is 24.3 Å². The standard InChI is InChI=1S/C13H16FN3O4/c1-7(8-2-4-9(14)5-3-8)16-13(21)17-10(12(19)20)6-11(15)18/h2-5,7,10H,6H2,1H3,(H2,15,18)(H,19,20)(H2,16,17,21)/t7?,10-/m1/s1. The molecule has 114 valence electrons. The van der Waals surface area contributed by atoms with Crippen LogP contribution in [0.3, 0.4) is 0 Å². The first-order valence-corrected chi connectivity index (χ1v) is 6.13. The third-order valence-electron chi connectivity index (χ3n) is 2.73. The van der Waals surface area contributed by atoms with Crippen LogP contribution in [0.1, 0.15) is 24.9 Å². The minimum atomic E-state index is -1.40. The van der Waals surface area contributed by atoms with Crippen LogP contribution in [0.2, 0.25) is 0 Å². The second-order valence-electron chi connectivity index (χ2n) is 4.45. The second-order valence-corrected chi connectivity index (χ2v) is 4.45. The molecule has 0 fully saturated rings. The summed E-state index contributed by atoms with van der Waals surface area (Å²) in [7, 11) is 0. The quantitative estimate of drug-likeness (QED) is 0.611. The van der Waals surface area contributed by atoms with E-state index in [-0.39, 0.29) is 0 Å². The average Bonchev–Trinajstić information content (AvgIpc) is 2.37. The molecule has 0 aliphatic carbocycles. The fraction of sp³-hybridized carbons (Fsp3) is 0.308. The molecule has 5 N–H and O–H groups in total. The number of urea groups is 1. The van der Waals surface area contributed by atoms with Crippen LogP contribution in [0.25, 0.3) is 0 Å². The van der Waals surface area contributed by atoms with Crippen molar-refractivity contribution in [2.24, 2.45) is 5.73 Å². The number of hydrogen-bond acceptors (Lipinski definition) is 3. The molecule has 0 aromatic heterocycles. The molecule has 7 nitrogen and oxygen atoms in total. The molecule has 0 aliphatic rings. The number of halogens is 1. The van der Waals surface area contributed by atoms with Crippen molar-refractivity contribution in [3.05, 3.63) is 35.6 Å². The van der Waals surface area contributed by atoms with Crippen LogP contribution in [0.5, 0.6) is 0 Å². The molecule has 1 rings (SSSR count). The predicted molar refractivity (Wildman–Crippen MR) is 71.7 cm³/mol. The fourth-order valence-electron chi connectivity index (χ4n) is 1.63. The number of rotatable bonds is 6. The van der Waals surface area contributed by atoms with Gasteiger partial charge in [-0.25, -0.2) is 14.0 Å². The molecule has 2 atom stereocenters. The van der Waals surface area contributed by atoms with Crippen molar-refractivity contribution in [2.45, 2.75) is 25.4 Å². The van der Waals surface area contributed by atoms with Crippen molar-refractivity contribution in [3.8, 4) is 0 Å². The van der Waals surface area contributed by atoms with Gasteiger partial charge < -0.3 is 21.5 Å². The van der Waals surface area contributed by atoms with Gasteiger partial charge in [-0.05, 0) is 24.6 Å². The van der Waals surface area contributed by atoms with Crippen LogP contribution in [0.15, 0.2) is 24.3 Å². The Balaban J connectivity index is 2.61. The molecule has 1 aromatic rings. The number of benzene rings is 1. The van der Waals surface area contributed by atoms with Crippen molar-refractivity contribution in [1.82, 2.24) is 10.6 Å². The summed E-state index contributed by atoms with van der Waals surface area (Å²) in [6.07, 6.45) is -0.506. The highest BCUT2D eigenvalue weighted by Crippen LogP contribution is 2.12. The molecule has 0 saturated carbocycles. The molecule has 0 heterocycles. The minimum absolute atomic E-state index is 0.400. The summed E-state index contributed by atoms with van der Waals surface area (Å²) in [6, 6.07) is 2.87. The Kier molecular flexibility index (Phi) is 5.65. The maximum absolute atomic E-state index is 12.8. The van der Waals surface area contributed by atoms with Gasteiger partial charge in [0.2, 0.25) is 5.91 Å². The van der Waals surface area contributed by atoms with Gasteiger partial charge in [0.05, 0.1) is 12.5 Å².